The van der Waals surface area contributed by atoms with Gasteiger partial charge in [-0.25, -0.2) is 9.97 Å². The maximum absolute atomic E-state index is 4.71. The van der Waals surface area contributed by atoms with Crippen LogP contribution in [-0.2, 0) is 19.3 Å². The molecule has 0 unspecified atom stereocenters. The molecule has 0 atom stereocenters. The van der Waals surface area contributed by atoms with Crippen LogP contribution in [0.5, 0.6) is 0 Å². The Labute approximate surface area is 152 Å². The minimum atomic E-state index is 0.796. The van der Waals surface area contributed by atoms with E-state index >= 15 is 0 Å². The van der Waals surface area contributed by atoms with Gasteiger partial charge in [-0.05, 0) is 55.6 Å². The van der Waals surface area contributed by atoms with Crippen molar-refractivity contribution in [1.29, 1.82) is 0 Å². The Morgan fingerprint density at radius 1 is 1.04 bits per heavy atom. The van der Waals surface area contributed by atoms with Crippen molar-refractivity contribution in [2.24, 2.45) is 5.92 Å². The van der Waals surface area contributed by atoms with Crippen LogP contribution in [0.15, 0.2) is 36.7 Å². The van der Waals surface area contributed by atoms with Crippen LogP contribution in [0.25, 0.3) is 10.2 Å². The van der Waals surface area contributed by atoms with Crippen molar-refractivity contribution in [2.75, 3.05) is 18.0 Å². The Balaban J connectivity index is 1.35. The molecule has 5 rings (SSSR count). The molecule has 25 heavy (non-hydrogen) atoms. The molecule has 1 aliphatic carbocycles. The normalized spacial score (nSPS) is 18.0. The summed E-state index contributed by atoms with van der Waals surface area (Å²) in [6.07, 6.45) is 9.22. The van der Waals surface area contributed by atoms with Gasteiger partial charge in [-0.15, -0.1) is 11.3 Å². The van der Waals surface area contributed by atoms with Gasteiger partial charge >= 0.3 is 0 Å². The van der Waals surface area contributed by atoms with Crippen molar-refractivity contribution in [3.63, 3.8) is 0 Å². The van der Waals surface area contributed by atoms with E-state index in [1.807, 2.05) is 11.3 Å². The topological polar surface area (TPSA) is 29.0 Å². The lowest BCUT2D eigenvalue weighted by Gasteiger charge is -2.33. The Morgan fingerprint density at radius 3 is 2.72 bits per heavy atom. The molecule has 2 aliphatic rings. The summed E-state index contributed by atoms with van der Waals surface area (Å²) in [5.74, 6) is 1.99. The van der Waals surface area contributed by atoms with Crippen molar-refractivity contribution >= 4 is 27.4 Å². The molecule has 3 nitrogen and oxygen atoms in total. The fourth-order valence-corrected chi connectivity index (χ4v) is 5.67. The van der Waals surface area contributed by atoms with Crippen LogP contribution in [0.4, 0.5) is 5.82 Å². The lowest BCUT2D eigenvalue weighted by atomic mass is 9.90. The van der Waals surface area contributed by atoms with E-state index < -0.39 is 0 Å². The molecule has 0 spiro atoms. The third-order valence-electron chi connectivity index (χ3n) is 5.76. The summed E-state index contributed by atoms with van der Waals surface area (Å²) in [5.41, 5.74) is 3.02. The van der Waals surface area contributed by atoms with Crippen LogP contribution in [0, 0.1) is 5.92 Å². The minimum Gasteiger partial charge on any atom is -0.356 e. The summed E-state index contributed by atoms with van der Waals surface area (Å²) in [6, 6.07) is 10.9. The van der Waals surface area contributed by atoms with Crippen molar-refractivity contribution in [1.82, 2.24) is 9.97 Å². The smallest absolute Gasteiger partial charge is 0.141 e. The highest BCUT2D eigenvalue weighted by atomic mass is 32.1. The molecule has 1 saturated heterocycles. The monoisotopic (exact) mass is 349 g/mol. The fraction of sp³-hybridized carbons (Fsp3) is 0.429. The number of thiophene rings is 1. The van der Waals surface area contributed by atoms with Crippen LogP contribution < -0.4 is 4.90 Å². The highest BCUT2D eigenvalue weighted by Crippen LogP contribution is 2.40. The van der Waals surface area contributed by atoms with Crippen molar-refractivity contribution in [2.45, 2.75) is 38.5 Å². The van der Waals surface area contributed by atoms with E-state index in [0.717, 1.165) is 19.0 Å². The number of piperidine rings is 1. The molecule has 2 aromatic heterocycles. The third kappa shape index (κ3) is 2.82. The first kappa shape index (κ1) is 15.3. The molecule has 4 heteroatoms. The molecular weight excluding hydrogens is 326 g/mol. The van der Waals surface area contributed by atoms with E-state index in [1.54, 1.807) is 16.8 Å². The lowest BCUT2D eigenvalue weighted by Crippen LogP contribution is -2.35. The molecule has 1 aromatic carbocycles. The second-order valence-corrected chi connectivity index (χ2v) is 8.44. The van der Waals surface area contributed by atoms with E-state index in [2.05, 4.69) is 40.2 Å². The molecule has 0 saturated carbocycles. The van der Waals surface area contributed by atoms with Gasteiger partial charge in [0.25, 0.3) is 0 Å². The van der Waals surface area contributed by atoms with Gasteiger partial charge in [0.05, 0.1) is 5.39 Å². The number of benzene rings is 1. The highest BCUT2D eigenvalue weighted by Gasteiger charge is 2.26. The second kappa shape index (κ2) is 6.41. The van der Waals surface area contributed by atoms with Gasteiger partial charge in [0, 0.05) is 18.0 Å². The summed E-state index contributed by atoms with van der Waals surface area (Å²) in [4.78, 5) is 14.5. The third-order valence-corrected chi connectivity index (χ3v) is 6.96. The number of hydrogen-bond acceptors (Lipinski definition) is 4. The van der Waals surface area contributed by atoms with Crippen LogP contribution in [-0.4, -0.2) is 23.1 Å². The fourth-order valence-electron chi connectivity index (χ4n) is 4.45. The molecule has 1 fully saturated rings. The van der Waals surface area contributed by atoms with E-state index in [4.69, 9.17) is 4.98 Å². The average Bonchev–Trinajstić information content (AvgIpc) is 3.24. The van der Waals surface area contributed by atoms with Gasteiger partial charge in [0.2, 0.25) is 0 Å². The van der Waals surface area contributed by atoms with Crippen LogP contribution in [0.2, 0.25) is 0 Å². The van der Waals surface area contributed by atoms with Gasteiger partial charge in [0.15, 0.2) is 0 Å². The predicted octanol–water partition coefficient (Wildman–Crippen LogP) is 4.64. The molecule has 0 radical (unpaired) electrons. The van der Waals surface area contributed by atoms with Gasteiger partial charge in [-0.1, -0.05) is 30.3 Å². The van der Waals surface area contributed by atoms with Gasteiger partial charge in [0.1, 0.15) is 17.0 Å². The van der Waals surface area contributed by atoms with Crippen molar-refractivity contribution < 1.29 is 0 Å². The molecule has 0 N–H and O–H groups in total. The molecule has 0 bridgehead atoms. The molecule has 0 amide bonds. The number of fused-ring (bicyclic) bond motifs is 3. The Morgan fingerprint density at radius 2 is 1.88 bits per heavy atom. The first-order valence-electron chi connectivity index (χ1n) is 9.42. The number of aromatic nitrogens is 2. The standard InChI is InChI=1S/C21H23N3S/c1-2-5-15(6-3-1)13-16-9-11-24(12-10-16)20-19-17-7-4-8-18(17)25-21(19)23-14-22-20/h1-3,5-6,14,16H,4,7-13H2. The first-order valence-corrected chi connectivity index (χ1v) is 10.2. The van der Waals surface area contributed by atoms with Gasteiger partial charge in [-0.3, -0.25) is 0 Å². The van der Waals surface area contributed by atoms with Crippen molar-refractivity contribution in [3.05, 3.63) is 52.7 Å². The summed E-state index contributed by atoms with van der Waals surface area (Å²) >= 11 is 1.89. The quantitative estimate of drug-likeness (QED) is 0.690. The van der Waals surface area contributed by atoms with Crippen LogP contribution in [0.1, 0.15) is 35.3 Å². The Hall–Kier alpha value is -1.94. The van der Waals surface area contributed by atoms with Crippen molar-refractivity contribution in [3.8, 4) is 0 Å². The summed E-state index contributed by atoms with van der Waals surface area (Å²) in [7, 11) is 0. The van der Waals surface area contributed by atoms with E-state index in [-0.39, 0.29) is 0 Å². The molecule has 3 heterocycles. The zero-order chi connectivity index (χ0) is 16.6. The molecular formula is C21H23N3S. The first-order chi connectivity index (χ1) is 12.4. The Bertz CT molecular complexity index is 879. The summed E-state index contributed by atoms with van der Waals surface area (Å²) in [5, 5.41) is 1.36. The number of anilines is 1. The average molecular weight is 350 g/mol. The number of rotatable bonds is 3. The number of aryl methyl sites for hydroxylation is 2. The van der Waals surface area contributed by atoms with Crippen LogP contribution >= 0.6 is 11.3 Å². The van der Waals surface area contributed by atoms with Gasteiger partial charge < -0.3 is 4.90 Å². The lowest BCUT2D eigenvalue weighted by molar-refractivity contribution is 0.402. The maximum Gasteiger partial charge on any atom is 0.141 e. The zero-order valence-corrected chi connectivity index (χ0v) is 15.3. The predicted molar refractivity (Wildman–Crippen MR) is 105 cm³/mol. The second-order valence-electron chi connectivity index (χ2n) is 7.35. The van der Waals surface area contributed by atoms with E-state index in [0.29, 0.717) is 0 Å². The highest BCUT2D eigenvalue weighted by molar-refractivity contribution is 7.19. The molecule has 3 aromatic rings. The van der Waals surface area contributed by atoms with Gasteiger partial charge in [-0.2, -0.15) is 0 Å². The summed E-state index contributed by atoms with van der Waals surface area (Å²) in [6.45, 7) is 2.24. The van der Waals surface area contributed by atoms with E-state index in [1.165, 1.54) is 60.1 Å². The number of nitrogens with zero attached hydrogens (tertiary/aromatic N) is 3. The minimum absolute atomic E-state index is 0.796. The SMILES string of the molecule is c1ccc(CC2CCN(c3ncnc4sc5c(c34)CCC5)CC2)cc1. The maximum atomic E-state index is 4.71. The number of hydrogen-bond donors (Lipinski definition) is 0. The van der Waals surface area contributed by atoms with Crippen LogP contribution in [0.3, 0.4) is 0 Å². The summed E-state index contributed by atoms with van der Waals surface area (Å²) < 4.78 is 0. The zero-order valence-electron chi connectivity index (χ0n) is 14.4. The largest absolute Gasteiger partial charge is 0.356 e. The molecule has 1 aliphatic heterocycles. The Kier molecular flexibility index (Phi) is 3.93. The van der Waals surface area contributed by atoms with E-state index in [9.17, 15) is 0 Å². The molecule has 128 valence electrons.